The number of azo groups is 1. The Balaban J connectivity index is 0.00000225. The molecule has 0 bridgehead atoms. The first-order valence-corrected chi connectivity index (χ1v) is 5.22. The van der Waals surface area contributed by atoms with Gasteiger partial charge in [-0.2, -0.15) is 10.2 Å². The molecule has 16 heavy (non-hydrogen) atoms. The summed E-state index contributed by atoms with van der Waals surface area (Å²) in [5, 5.41) is 6.99. The molecule has 1 aromatic rings. The Labute approximate surface area is 115 Å². The van der Waals surface area contributed by atoms with Gasteiger partial charge in [-0.05, 0) is 12.1 Å². The Morgan fingerprint density at radius 3 is 2.25 bits per heavy atom. The van der Waals surface area contributed by atoms with Crippen molar-refractivity contribution in [2.45, 2.75) is 4.90 Å². The molecule has 0 aromatic heterocycles. The van der Waals surface area contributed by atoms with Crippen molar-refractivity contribution in [1.29, 1.82) is 0 Å². The normalized spacial score (nSPS) is 11.4. The van der Waals surface area contributed by atoms with Gasteiger partial charge in [0.1, 0.15) is 15.8 Å². The molecule has 0 amide bonds. The maximum absolute atomic E-state index is 10.8. The minimum Gasteiger partial charge on any atom is -0.744 e. The summed E-state index contributed by atoms with van der Waals surface area (Å²) < 4.78 is 32.3. The van der Waals surface area contributed by atoms with Gasteiger partial charge in [-0.3, -0.25) is 0 Å². The van der Waals surface area contributed by atoms with Crippen LogP contribution in [0.1, 0.15) is 0 Å². The number of hydrogen-bond acceptors (Lipinski definition) is 7. The average Bonchev–Trinajstić information content (AvgIpc) is 2.07. The van der Waals surface area contributed by atoms with E-state index in [2.05, 4.69) is 10.2 Å². The Bertz CT molecular complexity index is 515. The van der Waals surface area contributed by atoms with E-state index in [1.165, 1.54) is 7.05 Å². The minimum absolute atomic E-state index is 0. The van der Waals surface area contributed by atoms with E-state index < -0.39 is 15.0 Å². The first-order valence-electron chi connectivity index (χ1n) is 3.81. The van der Waals surface area contributed by atoms with E-state index in [4.69, 9.17) is 11.5 Å². The molecule has 9 heteroatoms. The molecular weight excluding hydrogens is 243 g/mol. The summed E-state index contributed by atoms with van der Waals surface area (Å²) >= 11 is 0. The molecule has 0 unspecified atom stereocenters. The van der Waals surface area contributed by atoms with Crippen molar-refractivity contribution in [3.05, 3.63) is 12.1 Å². The van der Waals surface area contributed by atoms with Crippen LogP contribution in [0.3, 0.4) is 0 Å². The van der Waals surface area contributed by atoms with Crippen LogP contribution in [-0.4, -0.2) is 20.0 Å². The molecule has 1 rings (SSSR count). The van der Waals surface area contributed by atoms with E-state index in [9.17, 15) is 13.0 Å². The second-order valence-corrected chi connectivity index (χ2v) is 4.05. The second kappa shape index (κ2) is 5.60. The monoisotopic (exact) mass is 252 g/mol. The third kappa shape index (κ3) is 3.42. The van der Waals surface area contributed by atoms with Crippen LogP contribution in [0.4, 0.5) is 17.1 Å². The summed E-state index contributed by atoms with van der Waals surface area (Å²) in [6.45, 7) is 0. The van der Waals surface area contributed by atoms with Gasteiger partial charge in [0, 0.05) is 7.05 Å². The molecule has 4 N–H and O–H groups in total. The summed E-state index contributed by atoms with van der Waals surface area (Å²) in [5.41, 5.74) is 10.9. The van der Waals surface area contributed by atoms with Crippen LogP contribution in [0.25, 0.3) is 0 Å². The van der Waals surface area contributed by atoms with Crippen LogP contribution >= 0.6 is 0 Å². The number of nitrogens with two attached hydrogens (primary N) is 2. The van der Waals surface area contributed by atoms with Crippen molar-refractivity contribution in [3.63, 3.8) is 0 Å². The molecule has 7 nitrogen and oxygen atoms in total. The smallest absolute Gasteiger partial charge is 0.744 e. The molecule has 0 atom stereocenters. The van der Waals surface area contributed by atoms with Crippen molar-refractivity contribution >= 4 is 27.2 Å². The van der Waals surface area contributed by atoms with Gasteiger partial charge < -0.3 is 16.0 Å². The van der Waals surface area contributed by atoms with Crippen molar-refractivity contribution in [1.82, 2.24) is 0 Å². The molecule has 0 aliphatic carbocycles. The zero-order chi connectivity index (χ0) is 11.6. The number of rotatable bonds is 2. The third-order valence-electron chi connectivity index (χ3n) is 1.64. The number of hydrogen-bond donors (Lipinski definition) is 2. The molecule has 0 aliphatic rings. The zero-order valence-electron chi connectivity index (χ0n) is 8.84. The van der Waals surface area contributed by atoms with Crippen molar-refractivity contribution in [2.24, 2.45) is 10.2 Å². The van der Waals surface area contributed by atoms with Crippen LogP contribution in [0.2, 0.25) is 0 Å². The maximum atomic E-state index is 10.8. The van der Waals surface area contributed by atoms with Crippen molar-refractivity contribution in [2.75, 3.05) is 18.5 Å². The average molecular weight is 252 g/mol. The molecule has 0 aliphatic heterocycles. The SMILES string of the molecule is CN=Nc1cc(S(=O)(=O)[O-])c(N)cc1N.[Na+]. The summed E-state index contributed by atoms with van der Waals surface area (Å²) in [5.74, 6) is 0. The van der Waals surface area contributed by atoms with Crippen LogP contribution < -0.4 is 41.0 Å². The first-order chi connectivity index (χ1) is 6.86. The van der Waals surface area contributed by atoms with E-state index in [1.807, 2.05) is 0 Å². The number of nitrogens with zero attached hydrogens (tertiary/aromatic N) is 2. The predicted octanol–water partition coefficient (Wildman–Crippen LogP) is -2.53. The summed E-state index contributed by atoms with van der Waals surface area (Å²) in [7, 11) is -3.23. The fourth-order valence-corrected chi connectivity index (χ4v) is 1.62. The van der Waals surface area contributed by atoms with Gasteiger partial charge in [0.15, 0.2) is 0 Å². The minimum atomic E-state index is -4.62. The topological polar surface area (TPSA) is 134 Å². The number of benzene rings is 1. The maximum Gasteiger partial charge on any atom is 1.00 e. The Morgan fingerprint density at radius 1 is 1.25 bits per heavy atom. The fraction of sp³-hybridized carbons (Fsp3) is 0.143. The summed E-state index contributed by atoms with van der Waals surface area (Å²) in [6, 6.07) is 2.16. The first kappa shape index (κ1) is 15.3. The van der Waals surface area contributed by atoms with E-state index in [1.54, 1.807) is 0 Å². The van der Waals surface area contributed by atoms with E-state index in [0.29, 0.717) is 0 Å². The standard InChI is InChI=1S/C7H10N4O3S.Na/c1-10-11-6-3-7(15(12,13)14)5(9)2-4(6)8;/h2-3H,8-9H2,1H3,(H,12,13,14);/q;+1/p-1. The molecule has 0 saturated heterocycles. The van der Waals surface area contributed by atoms with Gasteiger partial charge in [0.05, 0.1) is 16.3 Å². The van der Waals surface area contributed by atoms with Crippen molar-refractivity contribution in [3.8, 4) is 0 Å². The third-order valence-corrected chi connectivity index (χ3v) is 2.53. The van der Waals surface area contributed by atoms with E-state index >= 15 is 0 Å². The van der Waals surface area contributed by atoms with Crippen LogP contribution in [0.15, 0.2) is 27.3 Å². The van der Waals surface area contributed by atoms with Gasteiger partial charge in [0.25, 0.3) is 0 Å². The van der Waals surface area contributed by atoms with Crippen LogP contribution in [0.5, 0.6) is 0 Å². The fourth-order valence-electron chi connectivity index (χ4n) is 1.01. The van der Waals surface area contributed by atoms with Gasteiger partial charge in [0.2, 0.25) is 0 Å². The Kier molecular flexibility index (Phi) is 5.36. The molecule has 82 valence electrons. The molecule has 0 fully saturated rings. The largest absolute Gasteiger partial charge is 1.00 e. The molecular formula is C7H9N4NaO3S. The van der Waals surface area contributed by atoms with E-state index in [0.717, 1.165) is 12.1 Å². The molecule has 0 radical (unpaired) electrons. The molecule has 1 aromatic carbocycles. The number of nitrogen functional groups attached to an aromatic ring is 2. The molecule has 0 saturated carbocycles. The summed E-state index contributed by atoms with van der Waals surface area (Å²) in [4.78, 5) is -0.542. The van der Waals surface area contributed by atoms with Gasteiger partial charge in [-0.25, -0.2) is 8.42 Å². The molecule has 0 spiro atoms. The van der Waals surface area contributed by atoms with Crippen LogP contribution in [-0.2, 0) is 10.1 Å². The zero-order valence-corrected chi connectivity index (χ0v) is 11.7. The van der Waals surface area contributed by atoms with Gasteiger partial charge >= 0.3 is 29.6 Å². The second-order valence-electron chi connectivity index (χ2n) is 2.70. The molecule has 0 heterocycles. The van der Waals surface area contributed by atoms with Gasteiger partial charge in [-0.15, -0.1) is 0 Å². The Hall–Kier alpha value is -0.670. The van der Waals surface area contributed by atoms with E-state index in [-0.39, 0.29) is 46.6 Å². The quantitative estimate of drug-likeness (QED) is 0.259. The van der Waals surface area contributed by atoms with Crippen molar-refractivity contribution < 1.29 is 42.5 Å². The predicted molar refractivity (Wildman–Crippen MR) is 53.7 cm³/mol. The van der Waals surface area contributed by atoms with Gasteiger partial charge in [-0.1, -0.05) is 0 Å². The summed E-state index contributed by atoms with van der Waals surface area (Å²) in [6.07, 6.45) is 0. The van der Waals surface area contributed by atoms with Crippen LogP contribution in [0, 0.1) is 0 Å². The number of anilines is 2. The Morgan fingerprint density at radius 2 is 1.81 bits per heavy atom.